The fourth-order valence-corrected chi connectivity index (χ4v) is 4.63. The van der Waals surface area contributed by atoms with Crippen molar-refractivity contribution in [3.8, 4) is 16.9 Å². The van der Waals surface area contributed by atoms with Gasteiger partial charge in [-0.1, -0.05) is 29.8 Å². The van der Waals surface area contributed by atoms with Gasteiger partial charge in [-0.05, 0) is 54.6 Å². The van der Waals surface area contributed by atoms with Crippen LogP contribution in [0.3, 0.4) is 0 Å². The van der Waals surface area contributed by atoms with Crippen molar-refractivity contribution in [2.45, 2.75) is 13.3 Å². The topological polar surface area (TPSA) is 32.8 Å². The molecule has 0 aliphatic carbocycles. The van der Waals surface area contributed by atoms with Crippen LogP contribution in [0.25, 0.3) is 11.1 Å². The van der Waals surface area contributed by atoms with Crippen LogP contribution in [-0.4, -0.2) is 44.1 Å². The minimum Gasteiger partial charge on any atom is -0.497 e. The first kappa shape index (κ1) is 19.5. The third-order valence-corrected chi connectivity index (χ3v) is 6.35. The SMILES string of the molecule is COc1ccc(N2CCCN(C(=O)c3sccc3-c3ccc(C)cc3)CC2)cc1. The average molecular weight is 407 g/mol. The van der Waals surface area contributed by atoms with Gasteiger partial charge in [0.1, 0.15) is 5.75 Å². The van der Waals surface area contributed by atoms with Crippen molar-refractivity contribution in [3.05, 3.63) is 70.4 Å². The molecule has 150 valence electrons. The molecule has 1 fully saturated rings. The molecule has 0 spiro atoms. The van der Waals surface area contributed by atoms with E-state index in [1.807, 2.05) is 22.4 Å². The Morgan fingerprint density at radius 1 is 0.931 bits per heavy atom. The van der Waals surface area contributed by atoms with Crippen LogP contribution in [0.15, 0.2) is 60.0 Å². The lowest BCUT2D eigenvalue weighted by molar-refractivity contribution is 0.0772. The normalized spacial score (nSPS) is 14.6. The number of nitrogens with zero attached hydrogens (tertiary/aromatic N) is 2. The molecule has 1 amide bonds. The van der Waals surface area contributed by atoms with Crippen molar-refractivity contribution >= 4 is 22.9 Å². The van der Waals surface area contributed by atoms with Crippen molar-refractivity contribution in [1.29, 1.82) is 0 Å². The highest BCUT2D eigenvalue weighted by Gasteiger charge is 2.24. The van der Waals surface area contributed by atoms with Crippen LogP contribution >= 0.6 is 11.3 Å². The fraction of sp³-hybridized carbons (Fsp3) is 0.292. The molecule has 4 nitrogen and oxygen atoms in total. The zero-order chi connectivity index (χ0) is 20.2. The first-order valence-electron chi connectivity index (χ1n) is 9.98. The van der Waals surface area contributed by atoms with Crippen molar-refractivity contribution in [3.63, 3.8) is 0 Å². The minimum absolute atomic E-state index is 0.146. The number of carbonyl (C=O) groups excluding carboxylic acids is 1. The van der Waals surface area contributed by atoms with Crippen molar-refractivity contribution in [1.82, 2.24) is 4.90 Å². The van der Waals surface area contributed by atoms with E-state index in [1.165, 1.54) is 22.6 Å². The summed E-state index contributed by atoms with van der Waals surface area (Å²) < 4.78 is 5.25. The van der Waals surface area contributed by atoms with E-state index in [9.17, 15) is 4.79 Å². The summed E-state index contributed by atoms with van der Waals surface area (Å²) in [6.45, 7) is 5.39. The number of amides is 1. The molecule has 2 aromatic carbocycles. The Balaban J connectivity index is 1.48. The highest BCUT2D eigenvalue weighted by molar-refractivity contribution is 7.12. The number of ether oxygens (including phenoxy) is 1. The Labute approximate surface area is 176 Å². The second kappa shape index (κ2) is 8.70. The van der Waals surface area contributed by atoms with Crippen LogP contribution in [0.5, 0.6) is 5.75 Å². The molecule has 0 N–H and O–H groups in total. The molecule has 0 saturated carbocycles. The van der Waals surface area contributed by atoms with Crippen LogP contribution in [-0.2, 0) is 0 Å². The maximum atomic E-state index is 13.3. The van der Waals surface area contributed by atoms with Gasteiger partial charge in [-0.25, -0.2) is 0 Å². The van der Waals surface area contributed by atoms with Gasteiger partial charge in [-0.3, -0.25) is 4.79 Å². The van der Waals surface area contributed by atoms with Crippen molar-refractivity contribution in [2.75, 3.05) is 38.2 Å². The maximum Gasteiger partial charge on any atom is 0.264 e. The van der Waals surface area contributed by atoms with E-state index >= 15 is 0 Å². The zero-order valence-electron chi connectivity index (χ0n) is 16.9. The zero-order valence-corrected chi connectivity index (χ0v) is 17.7. The number of thiophene rings is 1. The van der Waals surface area contributed by atoms with E-state index in [0.29, 0.717) is 0 Å². The molecule has 3 aromatic rings. The van der Waals surface area contributed by atoms with Gasteiger partial charge in [0.15, 0.2) is 0 Å². The predicted octanol–water partition coefficient (Wildman–Crippen LogP) is 5.08. The first-order valence-corrected chi connectivity index (χ1v) is 10.9. The van der Waals surface area contributed by atoms with Gasteiger partial charge in [-0.2, -0.15) is 0 Å². The third-order valence-electron chi connectivity index (χ3n) is 5.44. The number of hydrogen-bond acceptors (Lipinski definition) is 4. The third kappa shape index (κ3) is 4.30. The lowest BCUT2D eigenvalue weighted by atomic mass is 10.0. The number of methoxy groups -OCH3 is 1. The second-order valence-corrected chi connectivity index (χ2v) is 8.28. The minimum atomic E-state index is 0.146. The predicted molar refractivity (Wildman–Crippen MR) is 120 cm³/mol. The number of carbonyl (C=O) groups is 1. The molecule has 1 saturated heterocycles. The largest absolute Gasteiger partial charge is 0.497 e. The number of hydrogen-bond donors (Lipinski definition) is 0. The van der Waals surface area contributed by atoms with Crippen molar-refractivity contribution in [2.24, 2.45) is 0 Å². The molecule has 29 heavy (non-hydrogen) atoms. The van der Waals surface area contributed by atoms with E-state index in [1.54, 1.807) is 7.11 Å². The van der Waals surface area contributed by atoms with E-state index in [0.717, 1.165) is 54.4 Å². The standard InChI is InChI=1S/C24H26N2O2S/c1-18-4-6-19(7-5-18)22-12-17-29-23(22)24(27)26-14-3-13-25(15-16-26)20-8-10-21(28-2)11-9-20/h4-12,17H,3,13-16H2,1-2H3. The summed E-state index contributed by atoms with van der Waals surface area (Å²) in [5, 5.41) is 2.02. The molecule has 0 bridgehead atoms. The summed E-state index contributed by atoms with van der Waals surface area (Å²) in [5.41, 5.74) is 4.55. The van der Waals surface area contributed by atoms with Crippen LogP contribution in [0.1, 0.15) is 21.7 Å². The lowest BCUT2D eigenvalue weighted by Crippen LogP contribution is -2.35. The molecule has 0 radical (unpaired) electrons. The molecule has 1 aliphatic rings. The van der Waals surface area contributed by atoms with E-state index < -0.39 is 0 Å². The lowest BCUT2D eigenvalue weighted by Gasteiger charge is -2.24. The van der Waals surface area contributed by atoms with Gasteiger partial charge >= 0.3 is 0 Å². The number of anilines is 1. The Hall–Kier alpha value is -2.79. The molecule has 4 rings (SSSR count). The smallest absolute Gasteiger partial charge is 0.264 e. The molecule has 0 atom stereocenters. The van der Waals surface area contributed by atoms with Crippen LogP contribution in [0, 0.1) is 6.92 Å². The molecular weight excluding hydrogens is 380 g/mol. The highest BCUT2D eigenvalue weighted by atomic mass is 32.1. The Morgan fingerprint density at radius 3 is 2.41 bits per heavy atom. The van der Waals surface area contributed by atoms with E-state index in [2.05, 4.69) is 54.3 Å². The van der Waals surface area contributed by atoms with Gasteiger partial charge < -0.3 is 14.5 Å². The maximum absolute atomic E-state index is 13.3. The molecular formula is C24H26N2O2S. The monoisotopic (exact) mass is 406 g/mol. The summed E-state index contributed by atoms with van der Waals surface area (Å²) in [7, 11) is 1.68. The van der Waals surface area contributed by atoms with Gasteiger partial charge in [0.25, 0.3) is 5.91 Å². The van der Waals surface area contributed by atoms with E-state index in [4.69, 9.17) is 4.74 Å². The Kier molecular flexibility index (Phi) is 5.86. The summed E-state index contributed by atoms with van der Waals surface area (Å²) in [4.78, 5) is 18.5. The number of benzene rings is 2. The quantitative estimate of drug-likeness (QED) is 0.605. The van der Waals surface area contributed by atoms with Gasteiger partial charge in [0.2, 0.25) is 0 Å². The summed E-state index contributed by atoms with van der Waals surface area (Å²) in [5.74, 6) is 1.01. The molecule has 0 unspecified atom stereocenters. The Bertz CT molecular complexity index is 963. The number of aryl methyl sites for hydroxylation is 1. The summed E-state index contributed by atoms with van der Waals surface area (Å²) in [6, 6.07) is 18.6. The van der Waals surface area contributed by atoms with Gasteiger partial charge in [0.05, 0.1) is 12.0 Å². The van der Waals surface area contributed by atoms with Gasteiger partial charge in [-0.15, -0.1) is 11.3 Å². The second-order valence-electron chi connectivity index (χ2n) is 7.36. The molecule has 1 aromatic heterocycles. The van der Waals surface area contributed by atoms with E-state index in [-0.39, 0.29) is 5.91 Å². The highest BCUT2D eigenvalue weighted by Crippen LogP contribution is 2.30. The average Bonchev–Trinajstić information content (AvgIpc) is 3.11. The van der Waals surface area contributed by atoms with Crippen LogP contribution in [0.4, 0.5) is 5.69 Å². The van der Waals surface area contributed by atoms with Crippen LogP contribution in [0.2, 0.25) is 0 Å². The molecule has 5 heteroatoms. The first-order chi connectivity index (χ1) is 14.2. The molecule has 1 aliphatic heterocycles. The number of rotatable bonds is 4. The molecule has 2 heterocycles. The summed E-state index contributed by atoms with van der Waals surface area (Å²) in [6.07, 6.45) is 0.961. The fourth-order valence-electron chi connectivity index (χ4n) is 3.75. The van der Waals surface area contributed by atoms with Gasteiger partial charge in [0, 0.05) is 37.4 Å². The van der Waals surface area contributed by atoms with Crippen LogP contribution < -0.4 is 9.64 Å². The Morgan fingerprint density at radius 2 is 1.69 bits per heavy atom. The summed E-state index contributed by atoms with van der Waals surface area (Å²) >= 11 is 1.54. The van der Waals surface area contributed by atoms with Crippen molar-refractivity contribution < 1.29 is 9.53 Å².